The smallest absolute Gasteiger partial charge is 0.124 e. The number of nitrogens with two attached hydrogens (primary N) is 1. The Kier molecular flexibility index (Phi) is 5.19. The zero-order chi connectivity index (χ0) is 13.6. The average molecular weight is 265 g/mol. The number of hydrogen-bond acceptors (Lipinski definition) is 4. The fourth-order valence-corrected chi connectivity index (χ4v) is 2.48. The fraction of sp³-hybridized carbons (Fsp3) is 0.600. The Labute approximate surface area is 114 Å². The first-order chi connectivity index (χ1) is 9.26. The lowest BCUT2D eigenvalue weighted by atomic mass is 9.83. The molecule has 0 bridgehead atoms. The van der Waals surface area contributed by atoms with Crippen molar-refractivity contribution in [1.29, 1.82) is 0 Å². The van der Waals surface area contributed by atoms with Crippen LogP contribution in [0, 0.1) is 0 Å². The number of methoxy groups -OCH3 is 1. The van der Waals surface area contributed by atoms with Gasteiger partial charge in [-0.05, 0) is 25.3 Å². The van der Waals surface area contributed by atoms with Gasteiger partial charge in [-0.3, -0.25) is 0 Å². The van der Waals surface area contributed by atoms with Gasteiger partial charge in [0.05, 0.1) is 6.61 Å². The first kappa shape index (κ1) is 14.3. The highest BCUT2D eigenvalue weighted by Crippen LogP contribution is 2.35. The molecule has 1 unspecified atom stereocenters. The van der Waals surface area contributed by atoms with Gasteiger partial charge in [0.25, 0.3) is 0 Å². The Balaban J connectivity index is 2.17. The molecule has 4 nitrogen and oxygen atoms in total. The van der Waals surface area contributed by atoms with E-state index in [0.29, 0.717) is 19.8 Å². The maximum Gasteiger partial charge on any atom is 0.124 e. The Hall–Kier alpha value is -1.10. The molecule has 19 heavy (non-hydrogen) atoms. The summed E-state index contributed by atoms with van der Waals surface area (Å²) in [5.74, 6) is 0.865. The molecule has 0 aromatic heterocycles. The van der Waals surface area contributed by atoms with Crippen molar-refractivity contribution in [3.05, 3.63) is 29.8 Å². The van der Waals surface area contributed by atoms with E-state index in [-0.39, 0.29) is 5.54 Å². The largest absolute Gasteiger partial charge is 0.491 e. The number of para-hydroxylation sites is 1. The van der Waals surface area contributed by atoms with Crippen molar-refractivity contribution in [3.63, 3.8) is 0 Å². The second-order valence-electron chi connectivity index (χ2n) is 4.96. The van der Waals surface area contributed by atoms with Gasteiger partial charge in [0, 0.05) is 31.4 Å². The quantitative estimate of drug-likeness (QED) is 0.828. The Bertz CT molecular complexity index is 387. The fourth-order valence-electron chi connectivity index (χ4n) is 2.48. The molecule has 0 aliphatic carbocycles. The van der Waals surface area contributed by atoms with Crippen LogP contribution < -0.4 is 10.5 Å². The molecule has 1 aromatic rings. The number of ether oxygens (including phenoxy) is 3. The van der Waals surface area contributed by atoms with Crippen LogP contribution in [0.4, 0.5) is 0 Å². The van der Waals surface area contributed by atoms with Gasteiger partial charge < -0.3 is 19.9 Å². The van der Waals surface area contributed by atoms with E-state index in [1.54, 1.807) is 7.11 Å². The van der Waals surface area contributed by atoms with Gasteiger partial charge in [-0.2, -0.15) is 0 Å². The highest BCUT2D eigenvalue weighted by molar-refractivity contribution is 5.39. The van der Waals surface area contributed by atoms with Crippen molar-refractivity contribution in [2.75, 3.05) is 33.5 Å². The summed E-state index contributed by atoms with van der Waals surface area (Å²) >= 11 is 0. The minimum atomic E-state index is -0.347. The molecular weight excluding hydrogens is 242 g/mol. The molecule has 1 aliphatic rings. The highest BCUT2D eigenvalue weighted by Gasteiger charge is 2.31. The van der Waals surface area contributed by atoms with E-state index in [1.165, 1.54) is 0 Å². The summed E-state index contributed by atoms with van der Waals surface area (Å²) in [4.78, 5) is 0. The normalized spacial score (nSPS) is 23.9. The summed E-state index contributed by atoms with van der Waals surface area (Å²) in [6.45, 7) is 2.63. The SMILES string of the molecule is COCCOc1ccccc1C1(N)CCCOCC1. The minimum absolute atomic E-state index is 0.347. The van der Waals surface area contributed by atoms with Crippen LogP contribution in [0.1, 0.15) is 24.8 Å². The first-order valence-electron chi connectivity index (χ1n) is 6.84. The lowest BCUT2D eigenvalue weighted by molar-refractivity contribution is 0.137. The third-order valence-corrected chi connectivity index (χ3v) is 3.57. The monoisotopic (exact) mass is 265 g/mol. The molecule has 1 fully saturated rings. The van der Waals surface area contributed by atoms with Crippen LogP contribution in [-0.4, -0.2) is 33.5 Å². The molecule has 0 amide bonds. The van der Waals surface area contributed by atoms with Crippen LogP contribution in [0.3, 0.4) is 0 Å². The third-order valence-electron chi connectivity index (χ3n) is 3.57. The molecular formula is C15H23NO3. The van der Waals surface area contributed by atoms with Crippen LogP contribution in [0.2, 0.25) is 0 Å². The van der Waals surface area contributed by atoms with Gasteiger partial charge in [0.2, 0.25) is 0 Å². The number of hydrogen-bond donors (Lipinski definition) is 1. The Morgan fingerprint density at radius 2 is 2.05 bits per heavy atom. The average Bonchev–Trinajstić information content (AvgIpc) is 2.65. The molecule has 1 atom stereocenters. The molecule has 1 heterocycles. The zero-order valence-electron chi connectivity index (χ0n) is 11.6. The van der Waals surface area contributed by atoms with Gasteiger partial charge in [0.15, 0.2) is 0 Å². The maximum absolute atomic E-state index is 6.59. The second kappa shape index (κ2) is 6.89. The lowest BCUT2D eigenvalue weighted by Gasteiger charge is -2.30. The number of rotatable bonds is 5. The third kappa shape index (κ3) is 3.69. The standard InChI is InChI=1S/C15H23NO3/c1-17-11-12-19-14-6-3-2-5-13(14)15(16)7-4-9-18-10-8-15/h2-3,5-6H,4,7-12,16H2,1H3. The van der Waals surface area contributed by atoms with Gasteiger partial charge in [0.1, 0.15) is 12.4 Å². The van der Waals surface area contributed by atoms with E-state index in [2.05, 4.69) is 6.07 Å². The first-order valence-corrected chi connectivity index (χ1v) is 6.84. The summed E-state index contributed by atoms with van der Waals surface area (Å²) in [5, 5.41) is 0. The molecule has 4 heteroatoms. The van der Waals surface area contributed by atoms with Gasteiger partial charge in [-0.15, -0.1) is 0 Å². The predicted molar refractivity (Wildman–Crippen MR) is 74.3 cm³/mol. The molecule has 2 N–H and O–H groups in total. The lowest BCUT2D eigenvalue weighted by Crippen LogP contribution is -2.37. The number of benzene rings is 1. The molecule has 2 rings (SSSR count). The molecule has 1 aliphatic heterocycles. The van der Waals surface area contributed by atoms with Crippen LogP contribution in [-0.2, 0) is 15.0 Å². The summed E-state index contributed by atoms with van der Waals surface area (Å²) in [7, 11) is 1.67. The molecule has 0 spiro atoms. The summed E-state index contributed by atoms with van der Waals surface area (Å²) in [5.41, 5.74) is 7.33. The van der Waals surface area contributed by atoms with E-state index < -0.39 is 0 Å². The van der Waals surface area contributed by atoms with Crippen molar-refractivity contribution in [3.8, 4) is 5.75 Å². The molecule has 0 radical (unpaired) electrons. The van der Waals surface area contributed by atoms with E-state index in [4.69, 9.17) is 19.9 Å². The highest BCUT2D eigenvalue weighted by atomic mass is 16.5. The van der Waals surface area contributed by atoms with Crippen molar-refractivity contribution < 1.29 is 14.2 Å². The van der Waals surface area contributed by atoms with Gasteiger partial charge >= 0.3 is 0 Å². The Morgan fingerprint density at radius 3 is 2.89 bits per heavy atom. The van der Waals surface area contributed by atoms with Crippen LogP contribution in [0.5, 0.6) is 5.75 Å². The van der Waals surface area contributed by atoms with E-state index in [0.717, 1.165) is 37.2 Å². The molecule has 0 saturated carbocycles. The van der Waals surface area contributed by atoms with Crippen LogP contribution >= 0.6 is 0 Å². The molecule has 1 aromatic carbocycles. The van der Waals surface area contributed by atoms with Crippen LogP contribution in [0.25, 0.3) is 0 Å². The minimum Gasteiger partial charge on any atom is -0.491 e. The van der Waals surface area contributed by atoms with E-state index in [9.17, 15) is 0 Å². The van der Waals surface area contributed by atoms with Crippen molar-refractivity contribution in [1.82, 2.24) is 0 Å². The van der Waals surface area contributed by atoms with Crippen LogP contribution in [0.15, 0.2) is 24.3 Å². The topological polar surface area (TPSA) is 53.7 Å². The summed E-state index contributed by atoms with van der Waals surface area (Å²) in [6.07, 6.45) is 2.75. The summed E-state index contributed by atoms with van der Waals surface area (Å²) < 4.78 is 16.3. The van der Waals surface area contributed by atoms with Gasteiger partial charge in [-0.1, -0.05) is 18.2 Å². The molecule has 1 saturated heterocycles. The molecule has 106 valence electrons. The summed E-state index contributed by atoms with van der Waals surface area (Å²) in [6, 6.07) is 8.03. The van der Waals surface area contributed by atoms with Crippen molar-refractivity contribution in [2.24, 2.45) is 5.73 Å². The van der Waals surface area contributed by atoms with Crippen molar-refractivity contribution >= 4 is 0 Å². The Morgan fingerprint density at radius 1 is 1.21 bits per heavy atom. The zero-order valence-corrected chi connectivity index (χ0v) is 11.6. The van der Waals surface area contributed by atoms with E-state index in [1.807, 2.05) is 18.2 Å². The second-order valence-corrected chi connectivity index (χ2v) is 4.96. The van der Waals surface area contributed by atoms with Crippen molar-refractivity contribution in [2.45, 2.75) is 24.8 Å². The van der Waals surface area contributed by atoms with Gasteiger partial charge in [-0.25, -0.2) is 0 Å². The predicted octanol–water partition coefficient (Wildman–Crippen LogP) is 2.07. The van der Waals surface area contributed by atoms with E-state index >= 15 is 0 Å². The maximum atomic E-state index is 6.59.